The first-order valence-electron chi connectivity index (χ1n) is 5.22. The van der Waals surface area contributed by atoms with Crippen molar-refractivity contribution in [3.8, 4) is 0 Å². The molecule has 0 spiro atoms. The van der Waals surface area contributed by atoms with E-state index in [0.29, 0.717) is 6.67 Å². The summed E-state index contributed by atoms with van der Waals surface area (Å²) in [6.07, 6.45) is 11.2. The van der Waals surface area contributed by atoms with E-state index in [1.165, 1.54) is 25.7 Å². The van der Waals surface area contributed by atoms with Crippen molar-refractivity contribution in [1.29, 1.82) is 0 Å². The van der Waals surface area contributed by atoms with Gasteiger partial charge in [0.15, 0.2) is 0 Å². The van der Waals surface area contributed by atoms with Crippen molar-refractivity contribution in [2.75, 3.05) is 5.75 Å². The standard InChI is InChI=1S/C10H19N3S/c11-9-13-7-6-12(10-13)5-3-1-2-4-8-14/h6-7,10H,1-5,8-9,11H2/p+1. The molecule has 0 aliphatic carbocycles. The Bertz CT molecular complexity index is 247. The van der Waals surface area contributed by atoms with Crippen LogP contribution < -0.4 is 10.3 Å². The summed E-state index contributed by atoms with van der Waals surface area (Å²) in [5, 5.41) is 0. The number of hydrogen-bond acceptors (Lipinski definition) is 2. The molecule has 0 saturated heterocycles. The molecule has 1 heterocycles. The smallest absolute Gasteiger partial charge is 0.244 e. The summed E-state index contributed by atoms with van der Waals surface area (Å²) in [6.45, 7) is 1.66. The van der Waals surface area contributed by atoms with Gasteiger partial charge in [-0.15, -0.1) is 0 Å². The van der Waals surface area contributed by atoms with Gasteiger partial charge in [0.1, 0.15) is 19.1 Å². The fourth-order valence-electron chi connectivity index (χ4n) is 1.44. The average molecular weight is 214 g/mol. The highest BCUT2D eigenvalue weighted by atomic mass is 32.1. The fourth-order valence-corrected chi connectivity index (χ4v) is 1.66. The van der Waals surface area contributed by atoms with E-state index >= 15 is 0 Å². The van der Waals surface area contributed by atoms with Crippen molar-refractivity contribution in [2.45, 2.75) is 38.9 Å². The first kappa shape index (κ1) is 11.6. The molecule has 0 amide bonds. The van der Waals surface area contributed by atoms with Crippen LogP contribution in [0.2, 0.25) is 0 Å². The largest absolute Gasteiger partial charge is 0.295 e. The molecule has 80 valence electrons. The first-order valence-corrected chi connectivity index (χ1v) is 5.86. The van der Waals surface area contributed by atoms with Gasteiger partial charge in [-0.1, -0.05) is 6.42 Å². The number of thiol groups is 1. The van der Waals surface area contributed by atoms with Gasteiger partial charge < -0.3 is 0 Å². The zero-order valence-corrected chi connectivity index (χ0v) is 9.50. The normalized spacial score (nSPS) is 10.7. The first-order chi connectivity index (χ1) is 6.86. The topological polar surface area (TPSA) is 34.8 Å². The molecule has 0 atom stereocenters. The molecule has 0 saturated carbocycles. The van der Waals surface area contributed by atoms with Crippen LogP contribution in [-0.4, -0.2) is 10.3 Å². The van der Waals surface area contributed by atoms with Crippen LogP contribution in [0.4, 0.5) is 0 Å². The molecule has 0 aromatic carbocycles. The molecule has 2 N–H and O–H groups in total. The third-order valence-electron chi connectivity index (χ3n) is 2.28. The van der Waals surface area contributed by atoms with Gasteiger partial charge in [-0.05, 0) is 25.0 Å². The molecule has 0 unspecified atom stereocenters. The summed E-state index contributed by atoms with van der Waals surface area (Å²) >= 11 is 4.19. The van der Waals surface area contributed by atoms with Gasteiger partial charge >= 0.3 is 0 Å². The average Bonchev–Trinajstić information content (AvgIpc) is 2.65. The quantitative estimate of drug-likeness (QED) is 0.399. The van der Waals surface area contributed by atoms with Crippen molar-refractivity contribution in [2.24, 2.45) is 5.73 Å². The molecule has 0 fully saturated rings. The Hall–Kier alpha value is -0.480. The molecular formula is C10H20N3S+. The molecule has 0 radical (unpaired) electrons. The number of aryl methyl sites for hydroxylation is 1. The van der Waals surface area contributed by atoms with E-state index in [0.717, 1.165) is 12.3 Å². The van der Waals surface area contributed by atoms with Gasteiger partial charge in [-0.25, -0.2) is 9.13 Å². The number of hydrogen-bond donors (Lipinski definition) is 2. The minimum Gasteiger partial charge on any atom is -0.295 e. The Labute approximate surface area is 91.3 Å². The molecular weight excluding hydrogens is 194 g/mol. The molecule has 0 aliphatic rings. The summed E-state index contributed by atoms with van der Waals surface area (Å²) in [4.78, 5) is 0. The summed E-state index contributed by atoms with van der Waals surface area (Å²) in [7, 11) is 0. The maximum atomic E-state index is 5.50. The lowest BCUT2D eigenvalue weighted by Gasteiger charge is -1.97. The minimum atomic E-state index is 0.562. The molecule has 0 bridgehead atoms. The number of nitrogens with two attached hydrogens (primary N) is 1. The van der Waals surface area contributed by atoms with Gasteiger partial charge in [-0.2, -0.15) is 12.6 Å². The molecule has 14 heavy (non-hydrogen) atoms. The molecule has 3 nitrogen and oxygen atoms in total. The Kier molecular flexibility index (Phi) is 5.71. The summed E-state index contributed by atoms with van der Waals surface area (Å²) < 4.78 is 4.17. The lowest BCUT2D eigenvalue weighted by atomic mass is 10.2. The van der Waals surface area contributed by atoms with Crippen LogP contribution in [0.5, 0.6) is 0 Å². The van der Waals surface area contributed by atoms with E-state index in [9.17, 15) is 0 Å². The molecule has 4 heteroatoms. The summed E-state index contributed by atoms with van der Waals surface area (Å²) in [5.74, 6) is 1.01. The SMILES string of the molecule is NC[n+]1ccn(CCCCCCS)c1. The fraction of sp³-hybridized carbons (Fsp3) is 0.700. The number of nitrogens with zero attached hydrogens (tertiary/aromatic N) is 2. The van der Waals surface area contributed by atoms with Crippen LogP contribution in [-0.2, 0) is 13.2 Å². The van der Waals surface area contributed by atoms with Gasteiger partial charge in [-0.3, -0.25) is 5.73 Å². The maximum Gasteiger partial charge on any atom is 0.244 e. The Morgan fingerprint density at radius 2 is 2.00 bits per heavy atom. The van der Waals surface area contributed by atoms with E-state index in [4.69, 9.17) is 5.73 Å². The minimum absolute atomic E-state index is 0.562. The Morgan fingerprint density at radius 1 is 1.21 bits per heavy atom. The second kappa shape index (κ2) is 6.90. The molecule has 0 aliphatic heterocycles. The second-order valence-electron chi connectivity index (χ2n) is 3.49. The van der Waals surface area contributed by atoms with Crippen molar-refractivity contribution >= 4 is 12.6 Å². The van der Waals surface area contributed by atoms with Crippen LogP contribution in [0.25, 0.3) is 0 Å². The van der Waals surface area contributed by atoms with Gasteiger partial charge in [0.05, 0.1) is 6.54 Å². The van der Waals surface area contributed by atoms with Crippen molar-refractivity contribution in [3.05, 3.63) is 18.7 Å². The van der Waals surface area contributed by atoms with E-state index < -0.39 is 0 Å². The lowest BCUT2D eigenvalue weighted by Crippen LogP contribution is -2.35. The Morgan fingerprint density at radius 3 is 2.64 bits per heavy atom. The van der Waals surface area contributed by atoms with E-state index in [1.807, 2.05) is 10.8 Å². The third-order valence-corrected chi connectivity index (χ3v) is 2.60. The molecule has 1 rings (SSSR count). The van der Waals surface area contributed by atoms with Crippen molar-refractivity contribution in [3.63, 3.8) is 0 Å². The van der Waals surface area contributed by atoms with Gasteiger partial charge in [0.2, 0.25) is 6.33 Å². The second-order valence-corrected chi connectivity index (χ2v) is 3.93. The van der Waals surface area contributed by atoms with Crippen LogP contribution in [0.15, 0.2) is 18.7 Å². The summed E-state index contributed by atoms with van der Waals surface area (Å²) in [6, 6.07) is 0. The highest BCUT2D eigenvalue weighted by molar-refractivity contribution is 7.80. The van der Waals surface area contributed by atoms with Crippen LogP contribution >= 0.6 is 12.6 Å². The number of unbranched alkanes of at least 4 members (excludes halogenated alkanes) is 3. The summed E-state index contributed by atoms with van der Waals surface area (Å²) in [5.41, 5.74) is 5.50. The highest BCUT2D eigenvalue weighted by Crippen LogP contribution is 2.02. The van der Waals surface area contributed by atoms with Gasteiger partial charge in [0, 0.05) is 0 Å². The van der Waals surface area contributed by atoms with E-state index in [2.05, 4.69) is 29.7 Å². The van der Waals surface area contributed by atoms with Crippen molar-refractivity contribution < 1.29 is 4.57 Å². The molecule has 1 aromatic rings. The zero-order chi connectivity index (χ0) is 10.2. The number of rotatable bonds is 7. The van der Waals surface area contributed by atoms with Crippen LogP contribution in [0.1, 0.15) is 25.7 Å². The number of imidazole rings is 1. The predicted octanol–water partition coefficient (Wildman–Crippen LogP) is 1.18. The Balaban J connectivity index is 2.12. The van der Waals surface area contributed by atoms with Crippen LogP contribution in [0.3, 0.4) is 0 Å². The zero-order valence-electron chi connectivity index (χ0n) is 8.60. The van der Waals surface area contributed by atoms with Crippen molar-refractivity contribution in [1.82, 2.24) is 4.57 Å². The maximum absolute atomic E-state index is 5.50. The lowest BCUT2D eigenvalue weighted by molar-refractivity contribution is -0.695. The third kappa shape index (κ3) is 4.15. The predicted molar refractivity (Wildman–Crippen MR) is 61.1 cm³/mol. The highest BCUT2D eigenvalue weighted by Gasteiger charge is 2.00. The van der Waals surface area contributed by atoms with E-state index in [-0.39, 0.29) is 0 Å². The molecule has 1 aromatic heterocycles. The van der Waals surface area contributed by atoms with E-state index in [1.54, 1.807) is 0 Å². The van der Waals surface area contributed by atoms with Crippen LogP contribution in [0, 0.1) is 0 Å². The number of aromatic nitrogens is 2. The monoisotopic (exact) mass is 214 g/mol. The van der Waals surface area contributed by atoms with Gasteiger partial charge in [0.25, 0.3) is 0 Å².